The van der Waals surface area contributed by atoms with Crippen molar-refractivity contribution < 1.29 is 13.3 Å². The second-order valence-electron chi connectivity index (χ2n) is 3.73. The monoisotopic (exact) mass is 315 g/mol. The largest absolute Gasteiger partial charge is 0.397 e. The Morgan fingerprint density at radius 2 is 2.15 bits per heavy atom. The average molecular weight is 315 g/mol. The van der Waals surface area contributed by atoms with Crippen molar-refractivity contribution in [1.82, 2.24) is 9.36 Å². The number of aryl methyl sites for hydroxylation is 1. The van der Waals surface area contributed by atoms with Crippen molar-refractivity contribution in [1.29, 1.82) is 0 Å². The number of nitrogen functional groups attached to an aromatic ring is 1. The van der Waals surface area contributed by atoms with E-state index in [1.165, 1.54) is 0 Å². The Morgan fingerprint density at radius 3 is 2.65 bits per heavy atom. The highest BCUT2D eigenvalue weighted by Gasteiger charge is 2.21. The Labute approximate surface area is 117 Å². The molecule has 0 aliphatic rings. The Balaban J connectivity index is 2.37. The number of hydrogen-bond acceptors (Lipinski definition) is 8. The Hall–Kier alpha value is -2.27. The van der Waals surface area contributed by atoms with Crippen LogP contribution in [0.4, 0.5) is 16.5 Å². The van der Waals surface area contributed by atoms with Gasteiger partial charge in [-0.2, -0.15) is 4.37 Å². The van der Waals surface area contributed by atoms with Gasteiger partial charge in [-0.3, -0.25) is 14.8 Å². The van der Waals surface area contributed by atoms with Gasteiger partial charge in [0.2, 0.25) is 5.13 Å². The summed E-state index contributed by atoms with van der Waals surface area (Å²) < 4.78 is 30.2. The first-order valence-electron chi connectivity index (χ1n) is 5.16. The molecule has 0 radical (unpaired) electrons. The summed E-state index contributed by atoms with van der Waals surface area (Å²) in [5, 5.41) is 10.7. The van der Waals surface area contributed by atoms with Gasteiger partial charge in [0, 0.05) is 23.7 Å². The zero-order chi connectivity index (χ0) is 14.9. The molecule has 2 aromatic rings. The highest BCUT2D eigenvalue weighted by Crippen LogP contribution is 2.26. The first-order chi connectivity index (χ1) is 9.29. The predicted molar refractivity (Wildman–Crippen MR) is 73.0 cm³/mol. The van der Waals surface area contributed by atoms with Crippen molar-refractivity contribution in [2.45, 2.75) is 11.8 Å². The SMILES string of the molecule is Cc1nsc(NS(=O)(=O)c2ccc([N+](=O)[O-])cc2N)n1. The summed E-state index contributed by atoms with van der Waals surface area (Å²) in [4.78, 5) is 13.5. The number of nitro benzene ring substituents is 1. The van der Waals surface area contributed by atoms with Gasteiger partial charge >= 0.3 is 0 Å². The normalized spacial score (nSPS) is 11.2. The van der Waals surface area contributed by atoms with Gasteiger partial charge in [0.1, 0.15) is 10.7 Å². The molecule has 0 aliphatic carbocycles. The summed E-state index contributed by atoms with van der Waals surface area (Å²) in [6, 6.07) is 3.12. The summed E-state index contributed by atoms with van der Waals surface area (Å²) in [5.74, 6) is 0.435. The zero-order valence-electron chi connectivity index (χ0n) is 10.1. The second-order valence-corrected chi connectivity index (χ2v) is 6.13. The van der Waals surface area contributed by atoms with Crippen LogP contribution in [0, 0.1) is 17.0 Å². The molecule has 106 valence electrons. The van der Waals surface area contributed by atoms with E-state index in [1.54, 1.807) is 6.92 Å². The number of rotatable bonds is 4. The van der Waals surface area contributed by atoms with Crippen molar-refractivity contribution in [2.75, 3.05) is 10.5 Å². The van der Waals surface area contributed by atoms with Gasteiger partial charge in [-0.15, -0.1) is 0 Å². The number of aromatic nitrogens is 2. The van der Waals surface area contributed by atoms with Gasteiger partial charge in [-0.1, -0.05) is 0 Å². The van der Waals surface area contributed by atoms with Crippen LogP contribution in [0.5, 0.6) is 0 Å². The molecule has 2 rings (SSSR count). The molecule has 0 saturated carbocycles. The van der Waals surface area contributed by atoms with Crippen LogP contribution in [0.15, 0.2) is 23.1 Å². The second kappa shape index (κ2) is 5.02. The number of hydrogen-bond donors (Lipinski definition) is 2. The Kier molecular flexibility index (Phi) is 3.55. The van der Waals surface area contributed by atoms with Crippen molar-refractivity contribution in [3.63, 3.8) is 0 Å². The van der Waals surface area contributed by atoms with Crippen molar-refractivity contribution in [3.8, 4) is 0 Å². The molecule has 3 N–H and O–H groups in total. The minimum atomic E-state index is -3.96. The van der Waals surface area contributed by atoms with E-state index in [9.17, 15) is 18.5 Å². The quantitative estimate of drug-likeness (QED) is 0.489. The molecule has 0 unspecified atom stereocenters. The minimum absolute atomic E-state index is 0.0975. The molecule has 11 heteroatoms. The van der Waals surface area contributed by atoms with Gasteiger partial charge in [-0.25, -0.2) is 13.4 Å². The minimum Gasteiger partial charge on any atom is -0.397 e. The molecule has 0 bridgehead atoms. The van der Waals surface area contributed by atoms with E-state index >= 15 is 0 Å². The van der Waals surface area contributed by atoms with Crippen LogP contribution >= 0.6 is 11.5 Å². The maximum Gasteiger partial charge on any atom is 0.271 e. The number of sulfonamides is 1. The number of nitrogens with two attached hydrogens (primary N) is 1. The summed E-state index contributed by atoms with van der Waals surface area (Å²) in [7, 11) is -3.96. The number of nitro groups is 1. The Bertz CT molecular complexity index is 770. The summed E-state index contributed by atoms with van der Waals surface area (Å²) in [5.41, 5.74) is 5.05. The predicted octanol–water partition coefficient (Wildman–Crippen LogP) is 1.14. The maximum absolute atomic E-state index is 12.1. The van der Waals surface area contributed by atoms with Gasteiger partial charge in [0.15, 0.2) is 0 Å². The van der Waals surface area contributed by atoms with E-state index in [1.807, 2.05) is 0 Å². The fourth-order valence-corrected chi connectivity index (χ4v) is 3.32. The van der Waals surface area contributed by atoms with Gasteiger partial charge in [0.05, 0.1) is 10.6 Å². The van der Waals surface area contributed by atoms with Gasteiger partial charge in [-0.05, 0) is 13.0 Å². The van der Waals surface area contributed by atoms with Crippen molar-refractivity contribution in [2.24, 2.45) is 0 Å². The fraction of sp³-hybridized carbons (Fsp3) is 0.111. The van der Waals surface area contributed by atoms with Crippen LogP contribution in [0.3, 0.4) is 0 Å². The first-order valence-corrected chi connectivity index (χ1v) is 7.42. The maximum atomic E-state index is 12.1. The lowest BCUT2D eigenvalue weighted by Gasteiger charge is -2.07. The molecular formula is C9H9N5O4S2. The molecule has 0 spiro atoms. The van der Waals surface area contributed by atoms with E-state index in [0.29, 0.717) is 5.82 Å². The molecule has 1 aromatic carbocycles. The lowest BCUT2D eigenvalue weighted by Crippen LogP contribution is -2.14. The average Bonchev–Trinajstić information content (AvgIpc) is 2.73. The van der Waals surface area contributed by atoms with Crippen LogP contribution in [0.1, 0.15) is 5.82 Å². The lowest BCUT2D eigenvalue weighted by molar-refractivity contribution is -0.384. The number of non-ortho nitro benzene ring substituents is 1. The van der Waals surface area contributed by atoms with Gasteiger partial charge < -0.3 is 5.73 Å². The summed E-state index contributed by atoms with van der Waals surface area (Å²) >= 11 is 0.885. The number of nitrogens with one attached hydrogen (secondary N) is 1. The van der Waals surface area contributed by atoms with Gasteiger partial charge in [0.25, 0.3) is 15.7 Å². The number of benzene rings is 1. The topological polar surface area (TPSA) is 141 Å². The van der Waals surface area contributed by atoms with Crippen molar-refractivity contribution >= 4 is 38.1 Å². The molecule has 20 heavy (non-hydrogen) atoms. The highest BCUT2D eigenvalue weighted by atomic mass is 32.2. The van der Waals surface area contributed by atoms with Crippen molar-refractivity contribution in [3.05, 3.63) is 34.1 Å². The zero-order valence-corrected chi connectivity index (χ0v) is 11.7. The van der Waals surface area contributed by atoms with Crippen LogP contribution < -0.4 is 10.5 Å². The third-order valence-corrected chi connectivity index (χ3v) is 4.51. The summed E-state index contributed by atoms with van der Waals surface area (Å²) in [6.07, 6.45) is 0. The molecule has 0 aliphatic heterocycles. The molecule has 0 amide bonds. The molecule has 1 heterocycles. The van der Waals surface area contributed by atoms with E-state index < -0.39 is 14.9 Å². The molecular weight excluding hydrogens is 306 g/mol. The van der Waals surface area contributed by atoms with E-state index in [-0.39, 0.29) is 21.4 Å². The number of anilines is 2. The van der Waals surface area contributed by atoms with Crippen LogP contribution in [-0.2, 0) is 10.0 Å². The Morgan fingerprint density at radius 1 is 1.45 bits per heavy atom. The third kappa shape index (κ3) is 2.83. The van der Waals surface area contributed by atoms with Crippen LogP contribution in [0.2, 0.25) is 0 Å². The summed E-state index contributed by atoms with van der Waals surface area (Å²) in [6.45, 7) is 1.62. The van der Waals surface area contributed by atoms with E-state index in [4.69, 9.17) is 5.73 Å². The third-order valence-electron chi connectivity index (χ3n) is 2.24. The first kappa shape index (κ1) is 14.1. The number of nitrogens with zero attached hydrogens (tertiary/aromatic N) is 3. The smallest absolute Gasteiger partial charge is 0.271 e. The lowest BCUT2D eigenvalue weighted by atomic mass is 10.3. The molecule has 9 nitrogen and oxygen atoms in total. The molecule has 0 atom stereocenters. The fourth-order valence-electron chi connectivity index (χ4n) is 1.40. The molecule has 0 fully saturated rings. The van der Waals surface area contributed by atoms with Crippen LogP contribution in [0.25, 0.3) is 0 Å². The molecule has 1 aromatic heterocycles. The van der Waals surface area contributed by atoms with E-state index in [2.05, 4.69) is 14.1 Å². The highest BCUT2D eigenvalue weighted by molar-refractivity contribution is 7.93. The standard InChI is InChI=1S/C9H9N5O4S2/c1-5-11-9(19-12-5)13-20(17,18)8-3-2-6(14(15)16)4-7(8)10/h2-4H,10H2,1H3,(H,11,12,13). The van der Waals surface area contributed by atoms with E-state index in [0.717, 1.165) is 29.7 Å². The van der Waals surface area contributed by atoms with Crippen LogP contribution in [-0.4, -0.2) is 22.7 Å². The molecule has 0 saturated heterocycles.